The lowest BCUT2D eigenvalue weighted by atomic mass is 10.1. The van der Waals surface area contributed by atoms with Crippen molar-refractivity contribution in [3.05, 3.63) is 28.0 Å². The van der Waals surface area contributed by atoms with Gasteiger partial charge in [0.2, 0.25) is 0 Å². The van der Waals surface area contributed by atoms with E-state index in [1.54, 1.807) is 17.6 Å². The van der Waals surface area contributed by atoms with E-state index in [-0.39, 0.29) is 5.54 Å². The van der Waals surface area contributed by atoms with Crippen molar-refractivity contribution in [2.24, 2.45) is 0 Å². The molecule has 20 heavy (non-hydrogen) atoms. The van der Waals surface area contributed by atoms with Crippen LogP contribution in [0.15, 0.2) is 16.2 Å². The molecule has 0 saturated carbocycles. The van der Waals surface area contributed by atoms with Crippen LogP contribution in [-0.2, 0) is 13.1 Å². The molecule has 6 heteroatoms. The number of anilines is 1. The van der Waals surface area contributed by atoms with Gasteiger partial charge in [-0.3, -0.25) is 0 Å². The molecule has 0 aromatic carbocycles. The Balaban J connectivity index is 1.96. The van der Waals surface area contributed by atoms with E-state index in [9.17, 15) is 0 Å². The number of hydrogen-bond acceptors (Lipinski definition) is 6. The van der Waals surface area contributed by atoms with Gasteiger partial charge in [-0.2, -0.15) is 4.98 Å². The molecular weight excluding hydrogens is 272 g/mol. The number of hydrogen-bond donors (Lipinski definition) is 1. The summed E-state index contributed by atoms with van der Waals surface area (Å²) >= 11 is 1.66. The van der Waals surface area contributed by atoms with Gasteiger partial charge in [0.15, 0.2) is 0 Å². The lowest BCUT2D eigenvalue weighted by molar-refractivity contribution is 0.421. The predicted octanol–water partition coefficient (Wildman–Crippen LogP) is 2.96. The Kier molecular flexibility index (Phi) is 4.45. The molecule has 0 bridgehead atoms. The first kappa shape index (κ1) is 15.0. The number of rotatable bonds is 5. The van der Waals surface area contributed by atoms with Gasteiger partial charge in [0.1, 0.15) is 6.26 Å². The van der Waals surface area contributed by atoms with Gasteiger partial charge in [0.25, 0.3) is 6.01 Å². The fourth-order valence-corrected chi connectivity index (χ4v) is 2.50. The topological polar surface area (TPSA) is 54.2 Å². The Morgan fingerprint density at radius 1 is 1.40 bits per heavy atom. The summed E-state index contributed by atoms with van der Waals surface area (Å²) in [6, 6.07) is 0.642. The van der Waals surface area contributed by atoms with Crippen molar-refractivity contribution in [2.75, 3.05) is 11.9 Å². The Labute approximate surface area is 124 Å². The average molecular weight is 294 g/mol. The third-order valence-electron chi connectivity index (χ3n) is 2.89. The monoisotopic (exact) mass is 294 g/mol. The largest absolute Gasteiger partial charge is 0.432 e. The molecule has 0 aliphatic heterocycles. The lowest BCUT2D eigenvalue weighted by Gasteiger charge is -2.19. The smallest absolute Gasteiger partial charge is 0.297 e. The van der Waals surface area contributed by atoms with E-state index in [1.165, 1.54) is 4.88 Å². The van der Waals surface area contributed by atoms with Gasteiger partial charge in [0.05, 0.1) is 23.4 Å². The Morgan fingerprint density at radius 3 is 2.75 bits per heavy atom. The fraction of sp³-hybridized carbons (Fsp3) is 0.571. The second-order valence-corrected chi connectivity index (χ2v) is 6.88. The molecule has 2 heterocycles. The maximum absolute atomic E-state index is 5.54. The normalized spacial score (nSPS) is 11.8. The van der Waals surface area contributed by atoms with E-state index < -0.39 is 0 Å². The molecule has 5 nitrogen and oxygen atoms in total. The Hall–Kier alpha value is -1.40. The Bertz CT molecular complexity index is 556. The predicted molar refractivity (Wildman–Crippen MR) is 82.1 cm³/mol. The molecule has 2 aromatic rings. The van der Waals surface area contributed by atoms with E-state index >= 15 is 0 Å². The maximum atomic E-state index is 5.54. The lowest BCUT2D eigenvalue weighted by Crippen LogP contribution is -2.35. The van der Waals surface area contributed by atoms with Crippen LogP contribution in [0.4, 0.5) is 6.01 Å². The molecule has 0 radical (unpaired) electrons. The molecule has 0 spiro atoms. The van der Waals surface area contributed by atoms with Crippen molar-refractivity contribution in [3.63, 3.8) is 0 Å². The summed E-state index contributed by atoms with van der Waals surface area (Å²) in [6.45, 7) is 9.89. The standard InChI is InChI=1S/C14H22N4OS/c1-10-12(20-9-15-10)7-18(5)13-17-11(8-19-13)6-16-14(2,3)4/h8-9,16H,6-7H2,1-5H3. The van der Waals surface area contributed by atoms with Crippen LogP contribution in [0.1, 0.15) is 37.0 Å². The molecule has 1 N–H and O–H groups in total. The van der Waals surface area contributed by atoms with Crippen molar-refractivity contribution in [1.29, 1.82) is 0 Å². The first-order valence-electron chi connectivity index (χ1n) is 6.65. The number of nitrogens with one attached hydrogen (secondary N) is 1. The molecule has 0 aliphatic rings. The summed E-state index contributed by atoms with van der Waals surface area (Å²) in [5.74, 6) is 0. The summed E-state index contributed by atoms with van der Waals surface area (Å²) in [6.07, 6.45) is 1.71. The van der Waals surface area contributed by atoms with Crippen molar-refractivity contribution in [1.82, 2.24) is 15.3 Å². The number of nitrogens with zero attached hydrogens (tertiary/aromatic N) is 3. The summed E-state index contributed by atoms with van der Waals surface area (Å²) in [5, 5.41) is 3.40. The molecule has 0 saturated heterocycles. The minimum atomic E-state index is 0.0742. The zero-order valence-corrected chi connectivity index (χ0v) is 13.5. The molecule has 0 amide bonds. The van der Waals surface area contributed by atoms with Gasteiger partial charge in [-0.15, -0.1) is 11.3 Å². The zero-order valence-electron chi connectivity index (χ0n) is 12.7. The average Bonchev–Trinajstić information content (AvgIpc) is 2.96. The molecule has 0 unspecified atom stereocenters. The van der Waals surface area contributed by atoms with Crippen molar-refractivity contribution in [3.8, 4) is 0 Å². The molecule has 2 rings (SSSR count). The highest BCUT2D eigenvalue weighted by Crippen LogP contribution is 2.19. The first-order chi connectivity index (χ1) is 9.35. The highest BCUT2D eigenvalue weighted by Gasteiger charge is 2.14. The van der Waals surface area contributed by atoms with Gasteiger partial charge in [0, 0.05) is 24.0 Å². The van der Waals surface area contributed by atoms with Crippen molar-refractivity contribution >= 4 is 17.4 Å². The van der Waals surface area contributed by atoms with Crippen LogP contribution >= 0.6 is 11.3 Å². The van der Waals surface area contributed by atoms with Gasteiger partial charge in [-0.1, -0.05) is 0 Å². The number of aromatic nitrogens is 2. The summed E-state index contributed by atoms with van der Waals surface area (Å²) in [7, 11) is 1.98. The quantitative estimate of drug-likeness (QED) is 0.919. The SMILES string of the molecule is Cc1ncsc1CN(C)c1nc(CNC(C)(C)C)co1. The first-order valence-corrected chi connectivity index (χ1v) is 7.52. The summed E-state index contributed by atoms with van der Waals surface area (Å²) in [5.41, 5.74) is 3.93. The van der Waals surface area contributed by atoms with Crippen molar-refractivity contribution < 1.29 is 4.42 Å². The maximum Gasteiger partial charge on any atom is 0.297 e. The molecule has 2 aromatic heterocycles. The Morgan fingerprint density at radius 2 is 2.15 bits per heavy atom. The van der Waals surface area contributed by atoms with Crippen LogP contribution in [0.5, 0.6) is 0 Å². The summed E-state index contributed by atoms with van der Waals surface area (Å²) < 4.78 is 5.54. The molecule has 0 fully saturated rings. The number of thiazole rings is 1. The molecule has 110 valence electrons. The van der Waals surface area contributed by atoms with E-state index in [2.05, 4.69) is 36.1 Å². The van der Waals surface area contributed by atoms with Gasteiger partial charge < -0.3 is 14.6 Å². The number of aryl methyl sites for hydroxylation is 1. The molecule has 0 atom stereocenters. The van der Waals surface area contributed by atoms with E-state index in [1.807, 2.05) is 24.4 Å². The van der Waals surface area contributed by atoms with Crippen LogP contribution in [0, 0.1) is 6.92 Å². The third-order valence-corrected chi connectivity index (χ3v) is 3.81. The number of oxazole rings is 1. The highest BCUT2D eigenvalue weighted by molar-refractivity contribution is 7.09. The summed E-state index contributed by atoms with van der Waals surface area (Å²) in [4.78, 5) is 12.0. The van der Waals surface area contributed by atoms with Crippen LogP contribution in [0.25, 0.3) is 0 Å². The van der Waals surface area contributed by atoms with E-state index in [0.29, 0.717) is 12.6 Å². The van der Waals surface area contributed by atoms with Crippen LogP contribution in [-0.4, -0.2) is 22.6 Å². The second kappa shape index (κ2) is 5.93. The minimum Gasteiger partial charge on any atom is -0.432 e. The van der Waals surface area contributed by atoms with E-state index in [0.717, 1.165) is 17.9 Å². The zero-order chi connectivity index (χ0) is 14.8. The van der Waals surface area contributed by atoms with Crippen LogP contribution < -0.4 is 10.2 Å². The van der Waals surface area contributed by atoms with Gasteiger partial charge in [-0.05, 0) is 27.7 Å². The fourth-order valence-electron chi connectivity index (χ4n) is 1.67. The highest BCUT2D eigenvalue weighted by atomic mass is 32.1. The van der Waals surface area contributed by atoms with Crippen LogP contribution in [0.2, 0.25) is 0 Å². The van der Waals surface area contributed by atoms with E-state index in [4.69, 9.17) is 4.42 Å². The van der Waals surface area contributed by atoms with Crippen molar-refractivity contribution in [2.45, 2.75) is 46.3 Å². The molecule has 0 aliphatic carbocycles. The second-order valence-electron chi connectivity index (χ2n) is 5.94. The minimum absolute atomic E-state index is 0.0742. The molecular formula is C14H22N4OS. The van der Waals surface area contributed by atoms with Gasteiger partial charge >= 0.3 is 0 Å². The van der Waals surface area contributed by atoms with Crippen LogP contribution in [0.3, 0.4) is 0 Å². The van der Waals surface area contributed by atoms with Gasteiger partial charge in [-0.25, -0.2) is 4.98 Å². The third kappa shape index (κ3) is 4.05.